The highest BCUT2D eigenvalue weighted by Gasteiger charge is 2.27. The zero-order valence-corrected chi connectivity index (χ0v) is 12.7. The third kappa shape index (κ3) is 2.72. The lowest BCUT2D eigenvalue weighted by atomic mass is 9.98. The van der Waals surface area contributed by atoms with Gasteiger partial charge < -0.3 is 0 Å². The standard InChI is InChI=1S/C16H23NOS/c1-4-19(5-2)12-11-17(18)16(19)13-14(3)15-9-7-6-8-10-15/h4-12,14,16,18H,13H2,1-3H3. The van der Waals surface area contributed by atoms with Gasteiger partial charge in [0.25, 0.3) is 0 Å². The predicted molar refractivity (Wildman–Crippen MR) is 87.1 cm³/mol. The van der Waals surface area contributed by atoms with E-state index in [1.165, 1.54) is 10.6 Å². The number of rotatable bonds is 3. The Balaban J connectivity index is 2.24. The molecule has 2 unspecified atom stereocenters. The first-order chi connectivity index (χ1) is 9.13. The van der Waals surface area contributed by atoms with Gasteiger partial charge in [0.15, 0.2) is 0 Å². The van der Waals surface area contributed by atoms with E-state index in [1.54, 1.807) is 0 Å². The number of nitrogens with zero attached hydrogens (tertiary/aromatic N) is 1. The molecule has 2 rings (SSSR count). The Morgan fingerprint density at radius 3 is 2.47 bits per heavy atom. The molecule has 1 aromatic rings. The molecule has 0 aliphatic carbocycles. The number of benzene rings is 1. The van der Waals surface area contributed by atoms with Crippen molar-refractivity contribution in [2.24, 2.45) is 0 Å². The van der Waals surface area contributed by atoms with E-state index in [-0.39, 0.29) is 5.37 Å². The topological polar surface area (TPSA) is 23.5 Å². The van der Waals surface area contributed by atoms with E-state index in [9.17, 15) is 5.21 Å². The van der Waals surface area contributed by atoms with Crippen LogP contribution in [-0.4, -0.2) is 26.4 Å². The van der Waals surface area contributed by atoms with Crippen LogP contribution in [0.4, 0.5) is 0 Å². The third-order valence-corrected chi connectivity index (χ3v) is 7.53. The van der Waals surface area contributed by atoms with Crippen molar-refractivity contribution in [1.29, 1.82) is 0 Å². The van der Waals surface area contributed by atoms with Gasteiger partial charge in [-0.15, -0.1) is 0 Å². The highest BCUT2D eigenvalue weighted by Crippen LogP contribution is 2.43. The summed E-state index contributed by atoms with van der Waals surface area (Å²) in [5, 5.41) is 18.3. The van der Waals surface area contributed by atoms with Crippen LogP contribution >= 0.6 is 9.21 Å². The fourth-order valence-electron chi connectivity index (χ4n) is 2.64. The molecule has 0 aromatic heterocycles. The van der Waals surface area contributed by atoms with Gasteiger partial charge >= 0.3 is 0 Å². The van der Waals surface area contributed by atoms with Gasteiger partial charge in [0, 0.05) is 6.20 Å². The molecular formula is C16H23NOS. The monoisotopic (exact) mass is 277 g/mol. The van der Waals surface area contributed by atoms with Gasteiger partial charge in [0.2, 0.25) is 0 Å². The SMILES string of the molecule is CC=S1(=CC)C=CN(O)C1CC(C)c1ccccc1. The Labute approximate surface area is 116 Å². The lowest BCUT2D eigenvalue weighted by molar-refractivity contribution is -0.0515. The van der Waals surface area contributed by atoms with Crippen molar-refractivity contribution in [1.82, 2.24) is 5.06 Å². The zero-order valence-electron chi connectivity index (χ0n) is 11.9. The zero-order chi connectivity index (χ0) is 13.9. The smallest absolute Gasteiger partial charge is 0.0955 e. The molecule has 0 spiro atoms. The second-order valence-electron chi connectivity index (χ2n) is 4.96. The quantitative estimate of drug-likeness (QED) is 0.840. The lowest BCUT2D eigenvalue weighted by Gasteiger charge is -2.28. The molecule has 104 valence electrons. The van der Waals surface area contributed by atoms with E-state index in [0.717, 1.165) is 6.42 Å². The molecule has 0 amide bonds. The van der Waals surface area contributed by atoms with Crippen LogP contribution < -0.4 is 0 Å². The molecule has 1 aliphatic heterocycles. The Kier molecular flexibility index (Phi) is 4.38. The Morgan fingerprint density at radius 1 is 1.26 bits per heavy atom. The maximum Gasteiger partial charge on any atom is 0.0955 e. The molecule has 2 atom stereocenters. The normalized spacial score (nSPS) is 22.3. The summed E-state index contributed by atoms with van der Waals surface area (Å²) in [6.45, 7) is 6.43. The van der Waals surface area contributed by atoms with Gasteiger partial charge in [0.1, 0.15) is 0 Å². The van der Waals surface area contributed by atoms with Crippen LogP contribution in [0, 0.1) is 0 Å². The molecule has 0 saturated heterocycles. The summed E-state index contributed by atoms with van der Waals surface area (Å²) >= 11 is 0. The summed E-state index contributed by atoms with van der Waals surface area (Å²) in [7, 11) is -1.08. The molecule has 19 heavy (non-hydrogen) atoms. The highest BCUT2D eigenvalue weighted by molar-refractivity contribution is 8.32. The van der Waals surface area contributed by atoms with Gasteiger partial charge in [-0.2, -0.15) is 9.21 Å². The predicted octanol–water partition coefficient (Wildman–Crippen LogP) is 4.13. The van der Waals surface area contributed by atoms with Crippen LogP contribution in [0.25, 0.3) is 0 Å². The molecule has 0 radical (unpaired) electrons. The summed E-state index contributed by atoms with van der Waals surface area (Å²) in [6.07, 6.45) is 2.77. The molecule has 0 saturated carbocycles. The van der Waals surface area contributed by atoms with Crippen LogP contribution in [0.2, 0.25) is 0 Å². The first kappa shape index (κ1) is 14.2. The van der Waals surface area contributed by atoms with Crippen molar-refractivity contribution in [2.45, 2.75) is 38.5 Å². The number of hydroxylamine groups is 2. The van der Waals surface area contributed by atoms with E-state index in [0.29, 0.717) is 5.92 Å². The molecule has 1 N–H and O–H groups in total. The molecule has 3 heteroatoms. The third-order valence-electron chi connectivity index (χ3n) is 3.96. The second-order valence-corrected chi connectivity index (χ2v) is 8.35. The van der Waals surface area contributed by atoms with Gasteiger partial charge in [-0.3, -0.25) is 10.3 Å². The first-order valence-corrected chi connectivity index (χ1v) is 8.63. The van der Waals surface area contributed by atoms with Gasteiger partial charge in [-0.05, 0) is 37.2 Å². The molecular weight excluding hydrogens is 254 g/mol. The van der Waals surface area contributed by atoms with Gasteiger partial charge in [-0.25, -0.2) is 0 Å². The van der Waals surface area contributed by atoms with E-state index < -0.39 is 9.21 Å². The Hall–Kier alpha value is -1.19. The molecule has 1 aromatic carbocycles. The summed E-state index contributed by atoms with van der Waals surface area (Å²) in [5.74, 6) is 0.438. The van der Waals surface area contributed by atoms with Crippen molar-refractivity contribution >= 4 is 19.9 Å². The summed E-state index contributed by atoms with van der Waals surface area (Å²) in [6, 6.07) is 10.5. The average molecular weight is 277 g/mol. The summed E-state index contributed by atoms with van der Waals surface area (Å²) in [5.41, 5.74) is 1.34. The van der Waals surface area contributed by atoms with Crippen molar-refractivity contribution in [2.75, 3.05) is 0 Å². The van der Waals surface area contributed by atoms with Crippen LogP contribution in [0.15, 0.2) is 41.9 Å². The lowest BCUT2D eigenvalue weighted by Crippen LogP contribution is -2.25. The van der Waals surface area contributed by atoms with E-state index >= 15 is 0 Å². The number of hydrogen-bond donors (Lipinski definition) is 1. The van der Waals surface area contributed by atoms with Crippen LogP contribution in [0.1, 0.15) is 38.7 Å². The van der Waals surface area contributed by atoms with E-state index in [4.69, 9.17) is 0 Å². The maximum absolute atomic E-state index is 10.1. The molecule has 0 fully saturated rings. The minimum atomic E-state index is -1.08. The minimum Gasteiger partial charge on any atom is -0.288 e. The minimum absolute atomic E-state index is 0.165. The fourth-order valence-corrected chi connectivity index (χ4v) is 5.44. The maximum atomic E-state index is 10.1. The van der Waals surface area contributed by atoms with Crippen LogP contribution in [0.3, 0.4) is 0 Å². The molecule has 1 aliphatic rings. The highest BCUT2D eigenvalue weighted by atomic mass is 32.2. The van der Waals surface area contributed by atoms with Crippen molar-refractivity contribution in [3.63, 3.8) is 0 Å². The fraction of sp³-hybridized carbons (Fsp3) is 0.375. The average Bonchev–Trinajstić information content (AvgIpc) is 2.77. The molecule has 2 nitrogen and oxygen atoms in total. The summed E-state index contributed by atoms with van der Waals surface area (Å²) < 4.78 is 0. The van der Waals surface area contributed by atoms with Crippen molar-refractivity contribution < 1.29 is 5.21 Å². The Morgan fingerprint density at radius 2 is 1.89 bits per heavy atom. The molecule has 1 heterocycles. The van der Waals surface area contributed by atoms with Gasteiger partial charge in [0.05, 0.1) is 5.37 Å². The second kappa shape index (κ2) is 5.85. The first-order valence-electron chi connectivity index (χ1n) is 6.74. The van der Waals surface area contributed by atoms with E-state index in [2.05, 4.69) is 61.2 Å². The summed E-state index contributed by atoms with van der Waals surface area (Å²) in [4.78, 5) is 0. The largest absolute Gasteiger partial charge is 0.288 e. The Bertz CT molecular complexity index is 554. The van der Waals surface area contributed by atoms with Crippen LogP contribution in [-0.2, 0) is 0 Å². The van der Waals surface area contributed by atoms with Crippen molar-refractivity contribution in [3.05, 3.63) is 47.5 Å². The van der Waals surface area contributed by atoms with Gasteiger partial charge in [-0.1, -0.05) is 48.0 Å². The molecule has 0 bridgehead atoms. The van der Waals surface area contributed by atoms with E-state index in [1.807, 2.05) is 12.3 Å². The van der Waals surface area contributed by atoms with Crippen molar-refractivity contribution in [3.8, 4) is 0 Å². The number of hydrogen-bond acceptors (Lipinski definition) is 2. The van der Waals surface area contributed by atoms with Crippen LogP contribution in [0.5, 0.6) is 0 Å².